The fourth-order valence-corrected chi connectivity index (χ4v) is 5.10. The number of nitrogens with one attached hydrogen (secondary N) is 1. The average Bonchev–Trinajstić information content (AvgIpc) is 3.30. The van der Waals surface area contributed by atoms with Crippen molar-refractivity contribution in [3.05, 3.63) is 79.9 Å². The fourth-order valence-electron chi connectivity index (χ4n) is 4.07. The van der Waals surface area contributed by atoms with E-state index in [2.05, 4.69) is 5.32 Å². The van der Waals surface area contributed by atoms with Crippen molar-refractivity contribution in [1.29, 1.82) is 0 Å². The Bertz CT molecular complexity index is 1190. The average molecular weight is 561 g/mol. The largest absolute Gasteiger partial charge is 0.445 e. The van der Waals surface area contributed by atoms with Crippen molar-refractivity contribution in [2.75, 3.05) is 13.1 Å². The Balaban J connectivity index is 1.44. The van der Waals surface area contributed by atoms with Crippen LogP contribution in [0, 0.1) is 20.2 Å². The third-order valence-corrected chi connectivity index (χ3v) is 6.96. The van der Waals surface area contributed by atoms with E-state index in [0.29, 0.717) is 43.5 Å². The highest BCUT2D eigenvalue weighted by Crippen LogP contribution is 2.31. The first-order valence-electron chi connectivity index (χ1n) is 12.1. The maximum Gasteiger partial charge on any atom is 0.410 e. The van der Waals surface area contributed by atoms with Crippen LogP contribution in [0.15, 0.2) is 48.5 Å². The Morgan fingerprint density at radius 1 is 0.949 bits per heavy atom. The zero-order chi connectivity index (χ0) is 28.4. The van der Waals surface area contributed by atoms with Gasteiger partial charge in [-0.3, -0.25) is 25.0 Å². The van der Waals surface area contributed by atoms with Gasteiger partial charge >= 0.3 is 12.2 Å². The van der Waals surface area contributed by atoms with Crippen LogP contribution in [0.4, 0.5) is 21.0 Å². The number of nitro benzene ring substituents is 2. The zero-order valence-corrected chi connectivity index (χ0v) is 22.0. The van der Waals surface area contributed by atoms with Crippen LogP contribution in [0.1, 0.15) is 37.3 Å². The first-order chi connectivity index (χ1) is 18.6. The molecule has 2 aromatic rings. The number of nitrogens with zero attached hydrogens (tertiary/aromatic N) is 3. The third kappa shape index (κ3) is 9.25. The lowest BCUT2D eigenvalue weighted by Crippen LogP contribution is -2.37. The summed E-state index contributed by atoms with van der Waals surface area (Å²) in [6, 6.07) is 11.2. The number of alkyl carbamates (subject to hydrolysis) is 1. The van der Waals surface area contributed by atoms with E-state index < -0.39 is 22.0 Å². The monoisotopic (exact) mass is 560 g/mol. The first kappa shape index (κ1) is 29.4. The van der Waals surface area contributed by atoms with Gasteiger partial charge in [0.2, 0.25) is 0 Å². The molecule has 208 valence electrons. The number of likely N-dealkylation sites (tertiary alicyclic amines) is 1. The van der Waals surface area contributed by atoms with Crippen molar-refractivity contribution in [1.82, 2.24) is 10.2 Å². The molecule has 39 heavy (non-hydrogen) atoms. The van der Waals surface area contributed by atoms with E-state index in [1.807, 2.05) is 0 Å². The maximum atomic E-state index is 12.8. The van der Waals surface area contributed by atoms with Gasteiger partial charge in [0.05, 0.1) is 9.85 Å². The van der Waals surface area contributed by atoms with Gasteiger partial charge in [-0.1, -0.05) is 11.8 Å². The highest BCUT2D eigenvalue weighted by atomic mass is 32.2. The van der Waals surface area contributed by atoms with Crippen LogP contribution in [0.2, 0.25) is 0 Å². The summed E-state index contributed by atoms with van der Waals surface area (Å²) in [5.41, 5.74) is 1.11. The Kier molecular flexibility index (Phi) is 10.6. The molecule has 1 aliphatic rings. The molecule has 1 fully saturated rings. The second kappa shape index (κ2) is 14.1. The Morgan fingerprint density at radius 2 is 1.49 bits per heavy atom. The molecule has 1 saturated heterocycles. The van der Waals surface area contributed by atoms with Crippen LogP contribution in [0.25, 0.3) is 0 Å². The van der Waals surface area contributed by atoms with Gasteiger partial charge in [0.1, 0.15) is 13.2 Å². The summed E-state index contributed by atoms with van der Waals surface area (Å²) in [6.45, 7) is 2.03. The molecule has 0 unspecified atom stereocenters. The molecule has 1 heterocycles. The fraction of sp³-hybridized carbons (Fsp3) is 0.400. The van der Waals surface area contributed by atoms with Gasteiger partial charge in [0, 0.05) is 55.6 Å². The standard InChI is InChI=1S/C25H28N4O9S/c1-17(30)39-23-13-22(27(14-23)25(32)38-16-19-6-10-21(11-7-19)29(35)36)3-2-12-26-24(31)37-15-18-4-8-20(9-5-18)28(33)34/h4-11,22-23H,2-3,12-16H2,1H3,(H,26,31)/t22-,23+/m1/s1. The molecular formula is C25H28N4O9S. The lowest BCUT2D eigenvalue weighted by molar-refractivity contribution is -0.385. The quantitative estimate of drug-likeness (QED) is 0.233. The minimum absolute atomic E-state index is 0.0369. The number of rotatable bonds is 11. The van der Waals surface area contributed by atoms with Gasteiger partial charge in [0.25, 0.3) is 11.4 Å². The van der Waals surface area contributed by atoms with E-state index >= 15 is 0 Å². The summed E-state index contributed by atoms with van der Waals surface area (Å²) in [6.07, 6.45) is 0.525. The van der Waals surface area contributed by atoms with Crippen molar-refractivity contribution in [3.8, 4) is 0 Å². The van der Waals surface area contributed by atoms with Gasteiger partial charge in [-0.05, 0) is 54.7 Å². The maximum absolute atomic E-state index is 12.8. The van der Waals surface area contributed by atoms with Crippen LogP contribution >= 0.6 is 11.8 Å². The molecule has 1 aliphatic heterocycles. The number of carbonyl (C=O) groups excluding carboxylic acids is 3. The minimum Gasteiger partial charge on any atom is -0.445 e. The number of non-ortho nitro benzene ring substituents is 2. The topological polar surface area (TPSA) is 171 Å². The van der Waals surface area contributed by atoms with Crippen LogP contribution < -0.4 is 5.32 Å². The highest BCUT2D eigenvalue weighted by molar-refractivity contribution is 8.14. The van der Waals surface area contributed by atoms with Gasteiger partial charge in [-0.15, -0.1) is 0 Å². The Labute approximate surface area is 228 Å². The van der Waals surface area contributed by atoms with Gasteiger partial charge in [-0.2, -0.15) is 0 Å². The second-order valence-electron chi connectivity index (χ2n) is 8.82. The molecule has 2 aromatic carbocycles. The number of benzene rings is 2. The molecule has 0 aliphatic carbocycles. The lowest BCUT2D eigenvalue weighted by Gasteiger charge is -2.24. The summed E-state index contributed by atoms with van der Waals surface area (Å²) in [5.74, 6) is 0. The number of nitro groups is 2. The third-order valence-electron chi connectivity index (χ3n) is 5.95. The zero-order valence-electron chi connectivity index (χ0n) is 21.1. The van der Waals surface area contributed by atoms with Crippen LogP contribution in [0.5, 0.6) is 0 Å². The highest BCUT2D eigenvalue weighted by Gasteiger charge is 2.36. The molecule has 0 spiro atoms. The predicted octanol–water partition coefficient (Wildman–Crippen LogP) is 4.57. The number of hydrogen-bond donors (Lipinski definition) is 1. The minimum atomic E-state index is -0.635. The van der Waals surface area contributed by atoms with Crippen LogP contribution in [-0.2, 0) is 27.5 Å². The molecule has 1 N–H and O–H groups in total. The Hall–Kier alpha value is -4.20. The van der Waals surface area contributed by atoms with Gasteiger partial charge < -0.3 is 19.7 Å². The van der Waals surface area contributed by atoms with Gasteiger partial charge in [-0.25, -0.2) is 9.59 Å². The van der Waals surface area contributed by atoms with E-state index in [0.717, 1.165) is 0 Å². The van der Waals surface area contributed by atoms with Crippen molar-refractivity contribution in [2.45, 2.75) is 50.7 Å². The molecule has 3 rings (SSSR count). The molecule has 0 saturated carbocycles. The van der Waals surface area contributed by atoms with Gasteiger partial charge in [0.15, 0.2) is 5.12 Å². The summed E-state index contributed by atoms with van der Waals surface area (Å²) in [5, 5.41) is 24.0. The van der Waals surface area contributed by atoms with Crippen molar-refractivity contribution in [2.24, 2.45) is 0 Å². The number of thioether (sulfide) groups is 1. The van der Waals surface area contributed by atoms with E-state index in [9.17, 15) is 34.6 Å². The molecule has 0 aromatic heterocycles. The first-order valence-corrected chi connectivity index (χ1v) is 13.0. The van der Waals surface area contributed by atoms with Crippen molar-refractivity contribution in [3.63, 3.8) is 0 Å². The second-order valence-corrected chi connectivity index (χ2v) is 10.3. The lowest BCUT2D eigenvalue weighted by atomic mass is 10.1. The number of carbonyl (C=O) groups is 3. The predicted molar refractivity (Wildman–Crippen MR) is 141 cm³/mol. The van der Waals surface area contributed by atoms with E-state index in [1.165, 1.54) is 67.2 Å². The van der Waals surface area contributed by atoms with Crippen LogP contribution in [-0.4, -0.2) is 56.4 Å². The Morgan fingerprint density at radius 3 is 2.00 bits per heavy atom. The molecule has 0 radical (unpaired) electrons. The summed E-state index contributed by atoms with van der Waals surface area (Å²) in [4.78, 5) is 58.5. The molecular weight excluding hydrogens is 532 g/mol. The SMILES string of the molecule is CC(=O)S[C@H]1C[C@@H](CCCNC(=O)OCc2ccc([N+](=O)[O-])cc2)N(C(=O)OCc2ccc([N+](=O)[O-])cc2)C1. The van der Waals surface area contributed by atoms with Crippen molar-refractivity contribution >= 4 is 40.4 Å². The number of amides is 2. The number of ether oxygens (including phenoxy) is 2. The van der Waals surface area contributed by atoms with E-state index in [-0.39, 0.29) is 41.0 Å². The summed E-state index contributed by atoms with van der Waals surface area (Å²) in [7, 11) is 0. The van der Waals surface area contributed by atoms with Crippen LogP contribution in [0.3, 0.4) is 0 Å². The smallest absolute Gasteiger partial charge is 0.410 e. The molecule has 0 bridgehead atoms. The summed E-state index contributed by atoms with van der Waals surface area (Å²) < 4.78 is 10.6. The van der Waals surface area contributed by atoms with Crippen molar-refractivity contribution < 1.29 is 33.7 Å². The molecule has 13 nitrogen and oxygen atoms in total. The van der Waals surface area contributed by atoms with E-state index in [4.69, 9.17) is 9.47 Å². The number of hydrogen-bond acceptors (Lipinski definition) is 10. The molecule has 2 atom stereocenters. The normalized spacial score (nSPS) is 16.4. The summed E-state index contributed by atoms with van der Waals surface area (Å²) >= 11 is 1.18. The molecule has 14 heteroatoms. The molecule has 2 amide bonds. The van der Waals surface area contributed by atoms with E-state index in [1.54, 1.807) is 4.90 Å².